The summed E-state index contributed by atoms with van der Waals surface area (Å²) < 4.78 is 44.4. The van der Waals surface area contributed by atoms with Gasteiger partial charge in [-0.2, -0.15) is 0 Å². The summed E-state index contributed by atoms with van der Waals surface area (Å²) in [6.07, 6.45) is -9.23. The third-order valence-corrected chi connectivity index (χ3v) is 23.3. The Balaban J connectivity index is 0.000000548. The third kappa shape index (κ3) is 34.8. The van der Waals surface area contributed by atoms with Gasteiger partial charge in [-0.3, -0.25) is 57.5 Å². The van der Waals surface area contributed by atoms with Crippen LogP contribution < -0.4 is 46.7 Å². The molecule has 37 nitrogen and oxygen atoms in total. The van der Waals surface area contributed by atoms with Crippen molar-refractivity contribution in [2.24, 2.45) is 47.3 Å². The fourth-order valence-electron chi connectivity index (χ4n) is 15.4. The van der Waals surface area contributed by atoms with E-state index in [0.29, 0.717) is 42.7 Å². The van der Waals surface area contributed by atoms with Crippen molar-refractivity contribution in [3.63, 3.8) is 0 Å². The number of carboxylic acid groups (broad SMARTS) is 1. The first-order valence-corrected chi connectivity index (χ1v) is 45.5. The molecule has 0 aliphatic carbocycles. The van der Waals surface area contributed by atoms with Gasteiger partial charge in [-0.25, -0.2) is 19.2 Å². The number of likely N-dealkylation sites (tertiary alicyclic amines) is 1. The van der Waals surface area contributed by atoms with E-state index in [0.717, 1.165) is 5.56 Å². The Morgan fingerprint density at radius 2 is 1.24 bits per heavy atom. The van der Waals surface area contributed by atoms with Crippen molar-refractivity contribution in [2.75, 3.05) is 41.4 Å². The first-order chi connectivity index (χ1) is 61.0. The summed E-state index contributed by atoms with van der Waals surface area (Å²) in [6.45, 7) is 36.5. The van der Waals surface area contributed by atoms with Crippen molar-refractivity contribution in [1.29, 1.82) is 0 Å². The number of hydrogen-bond donors (Lipinski definition) is 10. The number of nitrogens with one attached hydrogen (secondary N) is 7. The molecule has 37 heteroatoms. The van der Waals surface area contributed by atoms with Crippen LogP contribution in [0.3, 0.4) is 0 Å². The van der Waals surface area contributed by atoms with Gasteiger partial charge >= 0.3 is 42.0 Å². The number of alkyl carbamates (subject to hydrolysis) is 2. The summed E-state index contributed by atoms with van der Waals surface area (Å²) >= 11 is 0. The highest BCUT2D eigenvalue weighted by atomic mass is 16.6. The topological polar surface area (TPSA) is 502 Å². The number of carbonyl (C=O) groups excluding carboxylic acids is 15. The number of ketones is 2. The molecule has 3 saturated heterocycles. The van der Waals surface area contributed by atoms with Crippen LogP contribution in [0.4, 0.5) is 9.59 Å². The molecule has 3 heterocycles. The number of cyclic esters (lactones) is 2. The molecular formula is C94H148N10O27. The molecule has 736 valence electrons. The van der Waals surface area contributed by atoms with E-state index in [2.05, 4.69) is 37.2 Å². The molecule has 20 atom stereocenters. The summed E-state index contributed by atoms with van der Waals surface area (Å²) in [5, 5.41) is 51.4. The number of aliphatic hydroxyl groups excluding tert-OH is 2. The van der Waals surface area contributed by atoms with Crippen LogP contribution in [-0.2, 0) is 108 Å². The highest BCUT2D eigenvalue weighted by Crippen LogP contribution is 2.30. The maximum Gasteiger partial charge on any atom is 0.408 e. The molecule has 5 rings (SSSR count). The standard InChI is InChI=1S/C47H75N5O14.C47H73N5O13/c1-14-27(6)37(50-42(57)38(51-46(62)66-47(9,10)11)29(8)64-45(61)33(48-12)23-30-17-19-31(63-13)20-18-30)35(53)24-36(54)65-40(26(4)5)39(55)28(7)41(56)49-32(22-25(2)3)43(58)52-21-15-16-34(52)44(59)60;1-14-27(6)37-35(53)24-36(54)64-40(26(4)5)39(55)28(7)41(56)48-32(22-25(2)3)43(58)52-21-15-16-33(52)44(59)51(12)34(23-30-17-19-31(62-13)20-18-30)45(60)63-29(8)38(42(57)49-37)50-46(61)65-47(9,10)11/h17-20,25-29,32-35,37-38,40,48,53H,14-16,21-24H2,1-13H3,(H,49,56)(H,50,57)(H,51,62)(H,59,60);17-20,25-29,32-35,37-38,40,53H,14-16,21-24H2,1-13H3,(H,48,56)(H,49,57)(H,50,61)/t27-,28?,29+,32-,33-,34-,35-,37+,38-,40-;27-,28-,29+,32-,33-,34-,35-,37+,38-,40-/m00/s1. The van der Waals surface area contributed by atoms with Crippen LogP contribution in [0, 0.1) is 47.3 Å². The van der Waals surface area contributed by atoms with Crippen molar-refractivity contribution < 1.29 is 130 Å². The third-order valence-electron chi connectivity index (χ3n) is 23.3. The number of esters is 4. The first kappa shape index (κ1) is 113. The SMILES string of the molecule is CC[C@H](C)[C@@H](NC(=O)[C@@H](NC(=O)OC(C)(C)C)[C@@H](C)OC(=O)[C@H](Cc1ccc(OC)cc1)NC)[C@@H](O)CC(=O)O[C@H](C(=O)C(C)C(=O)N[C@@H](CC(C)C)C(=O)N1CCC[C@H]1C(=O)O)C(C)C.CC[C@H](C)[C@H]1NC(=O)[C@@H](NC(=O)OC(C)(C)C)[C@@H](C)OC(=O)[C@H](Cc2ccc(OC)cc2)N(C)C(=O)[C@@H]2CCCN2C(=O)[C@H](CC(C)C)NC(=O)[C@@H](C)C(=O)[C@H](C(C)C)OC(=O)C[C@@H]1O. The second-order valence-electron chi connectivity index (χ2n) is 38.0. The first-order valence-electron chi connectivity index (χ1n) is 45.5. The minimum absolute atomic E-state index is 0.0670. The number of fused-ring (bicyclic) bond motifs is 1. The molecule has 9 amide bonds. The van der Waals surface area contributed by atoms with Crippen LogP contribution in [0.15, 0.2) is 48.5 Å². The highest BCUT2D eigenvalue weighted by Gasteiger charge is 2.47. The number of nitrogens with zero attached hydrogens (tertiary/aromatic N) is 3. The summed E-state index contributed by atoms with van der Waals surface area (Å²) in [4.78, 5) is 223. The predicted octanol–water partition coefficient (Wildman–Crippen LogP) is 6.79. The monoisotopic (exact) mass is 1850 g/mol. The van der Waals surface area contributed by atoms with Gasteiger partial charge < -0.3 is 105 Å². The number of carbonyl (C=O) groups is 16. The Morgan fingerprint density at radius 3 is 1.76 bits per heavy atom. The molecule has 0 bridgehead atoms. The number of Topliss-reactive ketones (excluding diaryl/α,β-unsaturated/α-hetero) is 2. The average Bonchev–Trinajstić information content (AvgIpc) is 1.72. The molecule has 0 radical (unpaired) electrons. The molecular weight excluding hydrogens is 1700 g/mol. The molecule has 0 spiro atoms. The highest BCUT2D eigenvalue weighted by molar-refractivity contribution is 6.06. The molecule has 0 saturated carbocycles. The zero-order chi connectivity index (χ0) is 99.3. The predicted molar refractivity (Wildman–Crippen MR) is 482 cm³/mol. The van der Waals surface area contributed by atoms with Gasteiger partial charge in [-0.05, 0) is 192 Å². The normalized spacial score (nSPS) is 23.0. The lowest BCUT2D eigenvalue weighted by Gasteiger charge is -2.35. The summed E-state index contributed by atoms with van der Waals surface area (Å²) in [5.74, 6) is -15.2. The van der Waals surface area contributed by atoms with Gasteiger partial charge in [-0.15, -0.1) is 0 Å². The van der Waals surface area contributed by atoms with Gasteiger partial charge in [0.15, 0.2) is 23.8 Å². The summed E-state index contributed by atoms with van der Waals surface area (Å²) in [5.41, 5.74) is -0.537. The molecule has 3 aliphatic rings. The number of hydrogen-bond acceptors (Lipinski definition) is 27. The van der Waals surface area contributed by atoms with Gasteiger partial charge in [0.1, 0.15) is 83.2 Å². The van der Waals surface area contributed by atoms with Gasteiger partial charge in [0, 0.05) is 26.6 Å². The minimum Gasteiger partial charge on any atom is -0.497 e. The van der Waals surface area contributed by atoms with Crippen molar-refractivity contribution >= 4 is 94.9 Å². The lowest BCUT2D eigenvalue weighted by molar-refractivity contribution is -0.162. The van der Waals surface area contributed by atoms with Crippen molar-refractivity contribution in [2.45, 2.75) is 338 Å². The quantitative estimate of drug-likeness (QED) is 0.0196. The van der Waals surface area contributed by atoms with Gasteiger partial charge in [-0.1, -0.05) is 120 Å². The molecule has 2 aromatic carbocycles. The fourth-order valence-corrected chi connectivity index (χ4v) is 15.4. The molecule has 2 aromatic rings. The lowest BCUT2D eigenvalue weighted by Crippen LogP contribution is -2.60. The lowest BCUT2D eigenvalue weighted by atomic mass is 9.91. The molecule has 10 N–H and O–H groups in total. The molecule has 3 fully saturated rings. The Bertz CT molecular complexity index is 4190. The van der Waals surface area contributed by atoms with Gasteiger partial charge in [0.25, 0.3) is 0 Å². The van der Waals surface area contributed by atoms with E-state index < -0.39 is 252 Å². The number of aliphatic carboxylic acids is 1. The maximum absolute atomic E-state index is 14.6. The number of likely N-dealkylation sites (N-methyl/N-ethyl adjacent to an activating group) is 2. The number of amides is 9. The van der Waals surface area contributed by atoms with Crippen LogP contribution in [0.1, 0.15) is 228 Å². The van der Waals surface area contributed by atoms with Crippen LogP contribution in [-0.4, -0.2) is 275 Å². The number of methoxy groups -OCH3 is 2. The van der Waals surface area contributed by atoms with Crippen molar-refractivity contribution in [3.8, 4) is 11.5 Å². The zero-order valence-corrected chi connectivity index (χ0v) is 81.4. The van der Waals surface area contributed by atoms with Crippen LogP contribution in [0.25, 0.3) is 0 Å². The number of carboxylic acids is 1. The van der Waals surface area contributed by atoms with Crippen LogP contribution >= 0.6 is 0 Å². The maximum atomic E-state index is 14.6. The molecule has 1 unspecified atom stereocenters. The van der Waals surface area contributed by atoms with Gasteiger partial charge in [0.05, 0.1) is 63.2 Å². The number of benzene rings is 2. The van der Waals surface area contributed by atoms with Crippen molar-refractivity contribution in [3.05, 3.63) is 59.7 Å². The Hall–Kier alpha value is -10.6. The fraction of sp³-hybridized carbons (Fsp3) is 0.702. The largest absolute Gasteiger partial charge is 0.497 e. The number of rotatable bonds is 34. The average molecular weight is 1850 g/mol. The van der Waals surface area contributed by atoms with E-state index in [-0.39, 0.29) is 63.5 Å². The van der Waals surface area contributed by atoms with Crippen LogP contribution in [0.5, 0.6) is 11.5 Å². The van der Waals surface area contributed by atoms with E-state index in [4.69, 9.17) is 37.9 Å². The molecule has 3 aliphatic heterocycles. The van der Waals surface area contributed by atoms with Gasteiger partial charge in [0.2, 0.25) is 41.4 Å². The van der Waals surface area contributed by atoms with Crippen molar-refractivity contribution in [1.82, 2.24) is 51.9 Å². The summed E-state index contributed by atoms with van der Waals surface area (Å²) in [6, 6.07) is 2.04. The Labute approximate surface area is 770 Å². The van der Waals surface area contributed by atoms with E-state index in [1.165, 1.54) is 63.7 Å². The minimum atomic E-state index is -1.63. The van der Waals surface area contributed by atoms with Crippen LogP contribution in [0.2, 0.25) is 0 Å². The smallest absolute Gasteiger partial charge is 0.408 e. The van der Waals surface area contributed by atoms with E-state index in [1.807, 2.05) is 27.7 Å². The second-order valence-corrected chi connectivity index (χ2v) is 38.0. The second kappa shape index (κ2) is 52.0. The zero-order valence-electron chi connectivity index (χ0n) is 81.4. The van der Waals surface area contributed by atoms with E-state index >= 15 is 0 Å². The Morgan fingerprint density at radius 1 is 0.664 bits per heavy atom. The molecule has 0 aromatic heterocycles. The number of aliphatic hydroxyl groups is 2. The molecule has 131 heavy (non-hydrogen) atoms. The van der Waals surface area contributed by atoms with E-state index in [9.17, 15) is 92.0 Å². The number of ether oxygens (including phenoxy) is 8. The Kier molecular flexibility index (Phi) is 44.8. The van der Waals surface area contributed by atoms with E-state index in [1.54, 1.807) is 153 Å². The summed E-state index contributed by atoms with van der Waals surface area (Å²) in [7, 11) is 6.04.